The first-order chi connectivity index (χ1) is 18.0. The third-order valence-corrected chi connectivity index (χ3v) is 8.18. The lowest BCUT2D eigenvalue weighted by Crippen LogP contribution is -2.37. The first kappa shape index (κ1) is 36.8. The zero-order valence-electron chi connectivity index (χ0n) is 25.2. The molecule has 2 atom stereocenters. The number of quaternary nitrogens is 1. The molecule has 0 aromatic heterocycles. The Morgan fingerprint density at radius 1 is 0.684 bits per heavy atom. The average molecular weight is 558 g/mol. The molecule has 0 radical (unpaired) electrons. The third kappa shape index (κ3) is 22.8. The number of carbonyl (C=O) groups is 4. The maximum absolute atomic E-state index is 12.5. The van der Waals surface area contributed by atoms with Crippen molar-refractivity contribution in [1.82, 2.24) is 5.32 Å². The maximum Gasteiger partial charge on any atom is 0.217 e. The van der Waals surface area contributed by atoms with Gasteiger partial charge in [0.2, 0.25) is 5.91 Å². The highest BCUT2D eigenvalue weighted by molar-refractivity contribution is 7.84. The van der Waals surface area contributed by atoms with Crippen LogP contribution in [0.15, 0.2) is 0 Å². The Labute approximate surface area is 234 Å². The number of hydrogen-bond acceptors (Lipinski definition) is 5. The van der Waals surface area contributed by atoms with Crippen LogP contribution < -0.4 is 5.32 Å². The van der Waals surface area contributed by atoms with Crippen molar-refractivity contribution in [3.8, 4) is 0 Å². The van der Waals surface area contributed by atoms with Gasteiger partial charge >= 0.3 is 0 Å². The first-order valence-electron chi connectivity index (χ1n) is 15.1. The molecule has 222 valence electrons. The molecule has 0 bridgehead atoms. The summed E-state index contributed by atoms with van der Waals surface area (Å²) in [5.41, 5.74) is -1.03. The van der Waals surface area contributed by atoms with E-state index in [1.165, 1.54) is 84.0 Å². The van der Waals surface area contributed by atoms with E-state index in [1.807, 2.05) is 21.1 Å². The summed E-state index contributed by atoms with van der Waals surface area (Å²) in [6.45, 7) is 4.12. The van der Waals surface area contributed by atoms with Gasteiger partial charge in [-0.15, -0.1) is 0 Å². The Morgan fingerprint density at radius 3 is 1.55 bits per heavy atom. The van der Waals surface area contributed by atoms with Crippen LogP contribution >= 0.6 is 8.15 Å². The number of rotatable bonds is 26. The van der Waals surface area contributed by atoms with Gasteiger partial charge < -0.3 is 14.7 Å². The molecule has 0 aliphatic heterocycles. The molecule has 0 rings (SSSR count). The molecule has 0 aromatic rings. The van der Waals surface area contributed by atoms with Crippen molar-refractivity contribution in [2.24, 2.45) is 0 Å². The molecule has 0 heterocycles. The number of nitrogens with zero attached hydrogens (tertiary/aromatic N) is 1. The van der Waals surface area contributed by atoms with Gasteiger partial charge in [-0.1, -0.05) is 96.8 Å². The van der Waals surface area contributed by atoms with Crippen molar-refractivity contribution < 1.29 is 28.6 Å². The Kier molecular flexibility index (Phi) is 21.9. The molecule has 38 heavy (non-hydrogen) atoms. The molecular formula is C30H58N2O5P+. The summed E-state index contributed by atoms with van der Waals surface area (Å²) in [6.07, 6.45) is 19.4. The minimum Gasteiger partial charge on any atom is -0.360 e. The minimum absolute atomic E-state index is 0.00451. The van der Waals surface area contributed by atoms with E-state index in [-0.39, 0.29) is 31.0 Å². The normalized spacial score (nSPS) is 13.2. The monoisotopic (exact) mass is 557 g/mol. The first-order valence-corrected chi connectivity index (χ1v) is 16.4. The largest absolute Gasteiger partial charge is 0.360 e. The number of ketones is 1. The highest BCUT2D eigenvalue weighted by Crippen LogP contribution is 2.36. The summed E-state index contributed by atoms with van der Waals surface area (Å²) in [5.74, 6) is -0.328. The van der Waals surface area contributed by atoms with Crippen LogP contribution in [-0.4, -0.2) is 65.8 Å². The summed E-state index contributed by atoms with van der Waals surface area (Å²) < 4.78 is 0.561. The number of amides is 1. The zero-order valence-corrected chi connectivity index (χ0v) is 26.1. The number of nitrogens with one attached hydrogen (secondary N) is 1. The molecule has 7 nitrogen and oxygen atoms in total. The Bertz CT molecular complexity index is 678. The lowest BCUT2D eigenvalue weighted by atomic mass is 10.0. The summed E-state index contributed by atoms with van der Waals surface area (Å²) >= 11 is 0. The predicted octanol–water partition coefficient (Wildman–Crippen LogP) is 6.64. The molecule has 0 aliphatic rings. The lowest BCUT2D eigenvalue weighted by molar-refractivity contribution is -0.869. The quantitative estimate of drug-likeness (QED) is 0.0705. The van der Waals surface area contributed by atoms with E-state index < -0.39 is 25.2 Å². The van der Waals surface area contributed by atoms with Crippen molar-refractivity contribution in [3.05, 3.63) is 0 Å². The van der Waals surface area contributed by atoms with E-state index >= 15 is 0 Å². The van der Waals surface area contributed by atoms with Crippen LogP contribution in [0, 0.1) is 0 Å². The standard InChI is InChI=1S/C30H57N2O5P/c1-6-7-8-9-10-11-12-13-14-15-16-17-18-19-20-21-28(34)24-27(31-26(2)33)25-30(36)38(37)29(35)22-23-32(3,4)5/h27,37H,6-25H2,1-5H3/p+1. The minimum atomic E-state index is -2.42. The second-order valence-electron chi connectivity index (χ2n) is 11.9. The van der Waals surface area contributed by atoms with Gasteiger partial charge in [0, 0.05) is 32.2 Å². The van der Waals surface area contributed by atoms with Gasteiger partial charge in [0.25, 0.3) is 0 Å². The Hall–Kier alpha value is -1.17. The molecule has 0 saturated carbocycles. The fourth-order valence-corrected chi connectivity index (χ4v) is 5.49. The second kappa shape index (κ2) is 22.6. The topological polar surface area (TPSA) is 101 Å². The van der Waals surface area contributed by atoms with E-state index in [2.05, 4.69) is 12.2 Å². The predicted molar refractivity (Wildman–Crippen MR) is 158 cm³/mol. The van der Waals surface area contributed by atoms with Gasteiger partial charge in [-0.2, -0.15) is 0 Å². The summed E-state index contributed by atoms with van der Waals surface area (Å²) in [6, 6.07) is -0.674. The highest BCUT2D eigenvalue weighted by atomic mass is 31.1. The number of carbonyl (C=O) groups excluding carboxylic acids is 4. The molecule has 1 amide bonds. The number of unbranched alkanes of at least 4 members (excludes halogenated alkanes) is 14. The van der Waals surface area contributed by atoms with Crippen LogP contribution in [0.3, 0.4) is 0 Å². The Balaban J connectivity index is 4.05. The van der Waals surface area contributed by atoms with Crippen LogP contribution in [-0.2, 0) is 19.2 Å². The van der Waals surface area contributed by atoms with Gasteiger partial charge in [0.1, 0.15) is 5.78 Å². The second-order valence-corrected chi connectivity index (χ2v) is 13.5. The molecule has 0 spiro atoms. The molecular weight excluding hydrogens is 499 g/mol. The van der Waals surface area contributed by atoms with Crippen molar-refractivity contribution in [2.75, 3.05) is 27.7 Å². The molecule has 0 saturated heterocycles. The fraction of sp³-hybridized carbons (Fsp3) is 0.867. The average Bonchev–Trinajstić information content (AvgIpc) is 2.83. The van der Waals surface area contributed by atoms with Crippen LogP contribution in [0.4, 0.5) is 0 Å². The summed E-state index contributed by atoms with van der Waals surface area (Å²) in [4.78, 5) is 59.0. The van der Waals surface area contributed by atoms with Gasteiger partial charge in [0.15, 0.2) is 19.2 Å². The van der Waals surface area contributed by atoms with Crippen molar-refractivity contribution in [1.29, 1.82) is 0 Å². The zero-order chi connectivity index (χ0) is 28.8. The van der Waals surface area contributed by atoms with E-state index in [0.29, 0.717) is 17.4 Å². The number of hydrogen-bond donors (Lipinski definition) is 2. The van der Waals surface area contributed by atoms with Crippen molar-refractivity contribution in [3.63, 3.8) is 0 Å². The van der Waals surface area contributed by atoms with Crippen LogP contribution in [0.2, 0.25) is 0 Å². The van der Waals surface area contributed by atoms with Gasteiger partial charge in [-0.25, -0.2) is 0 Å². The molecule has 8 heteroatoms. The van der Waals surface area contributed by atoms with E-state index in [9.17, 15) is 24.1 Å². The molecule has 0 fully saturated rings. The maximum atomic E-state index is 12.5. The van der Waals surface area contributed by atoms with E-state index in [4.69, 9.17) is 0 Å². The summed E-state index contributed by atoms with van der Waals surface area (Å²) in [7, 11) is 3.39. The Morgan fingerprint density at radius 2 is 1.13 bits per heavy atom. The van der Waals surface area contributed by atoms with Crippen LogP contribution in [0.25, 0.3) is 0 Å². The lowest BCUT2D eigenvalue weighted by Gasteiger charge is -2.23. The van der Waals surface area contributed by atoms with Crippen molar-refractivity contribution in [2.45, 2.75) is 142 Å². The third-order valence-electron chi connectivity index (χ3n) is 6.83. The van der Waals surface area contributed by atoms with Crippen LogP contribution in [0.5, 0.6) is 0 Å². The van der Waals surface area contributed by atoms with Gasteiger partial charge in [-0.05, 0) is 6.42 Å². The fourth-order valence-electron chi connectivity index (χ4n) is 4.51. The van der Waals surface area contributed by atoms with Gasteiger partial charge in [-0.3, -0.25) is 19.2 Å². The molecule has 2 unspecified atom stereocenters. The van der Waals surface area contributed by atoms with Crippen LogP contribution in [0.1, 0.15) is 136 Å². The molecule has 2 N–H and O–H groups in total. The SMILES string of the molecule is CCCCCCCCCCCCCCCCCC(=O)CC(CC(=O)P(O)C(=O)CC[N+](C)(C)C)NC(C)=O. The number of Topliss-reactive ketones (excluding diaryl/α,β-unsaturated/α-hetero) is 1. The molecule has 0 aliphatic carbocycles. The molecule has 0 aromatic carbocycles. The summed E-state index contributed by atoms with van der Waals surface area (Å²) in [5, 5.41) is 2.65. The highest BCUT2D eigenvalue weighted by Gasteiger charge is 2.29. The van der Waals surface area contributed by atoms with E-state index in [1.54, 1.807) is 0 Å². The van der Waals surface area contributed by atoms with E-state index in [0.717, 1.165) is 19.3 Å². The smallest absolute Gasteiger partial charge is 0.217 e. The van der Waals surface area contributed by atoms with Gasteiger partial charge in [0.05, 0.1) is 34.1 Å². The van der Waals surface area contributed by atoms with Crippen molar-refractivity contribution >= 4 is 30.9 Å².